The molecule has 0 atom stereocenters. The number of halogens is 1. The first-order valence-electron chi connectivity index (χ1n) is 6.90. The molecule has 5 nitrogen and oxygen atoms in total. The summed E-state index contributed by atoms with van der Waals surface area (Å²) >= 11 is 0. The van der Waals surface area contributed by atoms with Gasteiger partial charge in [0.15, 0.2) is 0 Å². The SMILES string of the molecule is CCN(c1ccccc1)S(=O)(=O)c1cc(C(=O)O)c(C)cc1F. The van der Waals surface area contributed by atoms with E-state index in [9.17, 15) is 17.6 Å². The van der Waals surface area contributed by atoms with E-state index in [1.165, 1.54) is 6.92 Å². The van der Waals surface area contributed by atoms with E-state index < -0.39 is 26.7 Å². The molecule has 0 aliphatic rings. The van der Waals surface area contributed by atoms with Crippen LogP contribution >= 0.6 is 0 Å². The van der Waals surface area contributed by atoms with Crippen molar-refractivity contribution in [1.29, 1.82) is 0 Å². The summed E-state index contributed by atoms with van der Waals surface area (Å²) in [4.78, 5) is 10.5. The molecular weight excluding hydrogens is 321 g/mol. The minimum absolute atomic E-state index is 0.0854. The minimum Gasteiger partial charge on any atom is -0.478 e. The molecule has 0 bridgehead atoms. The summed E-state index contributed by atoms with van der Waals surface area (Å²) in [5, 5.41) is 9.13. The highest BCUT2D eigenvalue weighted by Gasteiger charge is 2.28. The fraction of sp³-hybridized carbons (Fsp3) is 0.188. The van der Waals surface area contributed by atoms with E-state index in [-0.39, 0.29) is 17.7 Å². The van der Waals surface area contributed by atoms with Crippen LogP contribution in [0.1, 0.15) is 22.8 Å². The lowest BCUT2D eigenvalue weighted by Gasteiger charge is -2.23. The maximum absolute atomic E-state index is 14.2. The number of aromatic carboxylic acids is 1. The third-order valence-corrected chi connectivity index (χ3v) is 5.33. The number of carbonyl (C=O) groups is 1. The van der Waals surface area contributed by atoms with Gasteiger partial charge in [0.2, 0.25) is 0 Å². The third-order valence-electron chi connectivity index (χ3n) is 3.41. The first kappa shape index (κ1) is 17.0. The number of carboxylic acids is 1. The van der Waals surface area contributed by atoms with Crippen molar-refractivity contribution in [2.75, 3.05) is 10.8 Å². The normalized spacial score (nSPS) is 11.3. The molecule has 0 fully saturated rings. The predicted octanol–water partition coefficient (Wildman–Crippen LogP) is 3.05. The predicted molar refractivity (Wildman–Crippen MR) is 84.7 cm³/mol. The molecule has 0 spiro atoms. The molecule has 23 heavy (non-hydrogen) atoms. The highest BCUT2D eigenvalue weighted by molar-refractivity contribution is 7.92. The Hall–Kier alpha value is -2.41. The summed E-state index contributed by atoms with van der Waals surface area (Å²) in [6.07, 6.45) is 0. The molecule has 1 N–H and O–H groups in total. The maximum Gasteiger partial charge on any atom is 0.335 e. The van der Waals surface area contributed by atoms with Crippen molar-refractivity contribution in [2.45, 2.75) is 18.7 Å². The first-order valence-corrected chi connectivity index (χ1v) is 8.34. The van der Waals surface area contributed by atoms with Gasteiger partial charge in [-0.2, -0.15) is 0 Å². The van der Waals surface area contributed by atoms with E-state index in [0.717, 1.165) is 16.4 Å². The Morgan fingerprint density at radius 2 is 1.83 bits per heavy atom. The molecule has 2 aromatic rings. The number of hydrogen-bond donors (Lipinski definition) is 1. The van der Waals surface area contributed by atoms with Gasteiger partial charge in [0.1, 0.15) is 10.7 Å². The molecule has 0 aromatic heterocycles. The standard InChI is InChI=1S/C16H16FNO4S/c1-3-18(12-7-5-4-6-8-12)23(21,22)15-10-13(16(19)20)11(2)9-14(15)17/h4-10H,3H2,1-2H3,(H,19,20). The van der Waals surface area contributed by atoms with Gasteiger partial charge in [-0.3, -0.25) is 4.31 Å². The lowest BCUT2D eigenvalue weighted by Crippen LogP contribution is -2.31. The molecule has 122 valence electrons. The molecule has 0 saturated carbocycles. The number of aryl methyl sites for hydroxylation is 1. The average molecular weight is 337 g/mol. The lowest BCUT2D eigenvalue weighted by molar-refractivity contribution is 0.0695. The van der Waals surface area contributed by atoms with Crippen LogP contribution < -0.4 is 4.31 Å². The number of hydrogen-bond acceptors (Lipinski definition) is 3. The zero-order valence-corrected chi connectivity index (χ0v) is 13.5. The van der Waals surface area contributed by atoms with Crippen LogP contribution in [0.15, 0.2) is 47.4 Å². The van der Waals surface area contributed by atoms with E-state index >= 15 is 0 Å². The Morgan fingerprint density at radius 3 is 2.35 bits per heavy atom. The van der Waals surface area contributed by atoms with Crippen molar-refractivity contribution >= 4 is 21.7 Å². The molecule has 2 rings (SSSR count). The third kappa shape index (κ3) is 3.19. The lowest BCUT2D eigenvalue weighted by atomic mass is 10.1. The number of anilines is 1. The van der Waals surface area contributed by atoms with Gasteiger partial charge in [-0.15, -0.1) is 0 Å². The van der Waals surface area contributed by atoms with Crippen molar-refractivity contribution < 1.29 is 22.7 Å². The second kappa shape index (κ2) is 6.37. The summed E-state index contributed by atoms with van der Waals surface area (Å²) in [6.45, 7) is 3.12. The Bertz CT molecular complexity index is 835. The first-order chi connectivity index (χ1) is 10.8. The van der Waals surface area contributed by atoms with Crippen molar-refractivity contribution in [2.24, 2.45) is 0 Å². The van der Waals surface area contributed by atoms with Gasteiger partial charge < -0.3 is 5.11 Å². The number of carboxylic acid groups (broad SMARTS) is 1. The molecule has 0 aliphatic carbocycles. The number of para-hydroxylation sites is 1. The van der Waals surface area contributed by atoms with Crippen molar-refractivity contribution in [1.82, 2.24) is 0 Å². The van der Waals surface area contributed by atoms with Gasteiger partial charge in [-0.1, -0.05) is 18.2 Å². The van der Waals surface area contributed by atoms with Crippen molar-refractivity contribution in [3.8, 4) is 0 Å². The van der Waals surface area contributed by atoms with Gasteiger partial charge >= 0.3 is 5.97 Å². The van der Waals surface area contributed by atoms with Crippen LogP contribution in [0.25, 0.3) is 0 Å². The Morgan fingerprint density at radius 1 is 1.22 bits per heavy atom. The molecule has 0 saturated heterocycles. The zero-order chi connectivity index (χ0) is 17.2. The fourth-order valence-corrected chi connectivity index (χ4v) is 3.83. The number of nitrogens with zero attached hydrogens (tertiary/aromatic N) is 1. The van der Waals surface area contributed by atoms with Crippen molar-refractivity contribution in [3.63, 3.8) is 0 Å². The summed E-state index contributed by atoms with van der Waals surface area (Å²) in [5.41, 5.74) is 0.303. The largest absolute Gasteiger partial charge is 0.478 e. The molecule has 0 amide bonds. The minimum atomic E-state index is -4.21. The molecule has 2 aromatic carbocycles. The molecule has 0 aliphatic heterocycles. The molecule has 0 heterocycles. The summed E-state index contributed by atoms with van der Waals surface area (Å²) < 4.78 is 40.8. The zero-order valence-electron chi connectivity index (χ0n) is 12.7. The highest BCUT2D eigenvalue weighted by Crippen LogP contribution is 2.27. The second-order valence-electron chi connectivity index (χ2n) is 4.91. The van der Waals surface area contributed by atoms with Crippen molar-refractivity contribution in [3.05, 3.63) is 59.4 Å². The second-order valence-corrected chi connectivity index (χ2v) is 6.74. The Labute approximate surface area is 134 Å². The number of sulfonamides is 1. The van der Waals surface area contributed by atoms with E-state index in [0.29, 0.717) is 5.69 Å². The molecule has 7 heteroatoms. The summed E-state index contributed by atoms with van der Waals surface area (Å²) in [6, 6.07) is 10.0. The van der Waals surface area contributed by atoms with Gasteiger partial charge in [-0.25, -0.2) is 17.6 Å². The summed E-state index contributed by atoms with van der Waals surface area (Å²) in [7, 11) is -4.21. The molecule has 0 unspecified atom stereocenters. The van der Waals surface area contributed by atoms with Crippen LogP contribution in [0.3, 0.4) is 0 Å². The van der Waals surface area contributed by atoms with Crippen LogP contribution in [0.2, 0.25) is 0 Å². The van der Waals surface area contributed by atoms with E-state index in [2.05, 4.69) is 0 Å². The molecule has 0 radical (unpaired) electrons. The highest BCUT2D eigenvalue weighted by atomic mass is 32.2. The quantitative estimate of drug-likeness (QED) is 0.910. The van der Waals surface area contributed by atoms with Crippen LogP contribution in [0.4, 0.5) is 10.1 Å². The van der Waals surface area contributed by atoms with E-state index in [1.807, 2.05) is 0 Å². The van der Waals surface area contributed by atoms with Crippen LogP contribution in [0, 0.1) is 12.7 Å². The smallest absolute Gasteiger partial charge is 0.335 e. The van der Waals surface area contributed by atoms with Gasteiger partial charge in [0.05, 0.1) is 11.3 Å². The monoisotopic (exact) mass is 337 g/mol. The van der Waals surface area contributed by atoms with Gasteiger partial charge in [0, 0.05) is 6.54 Å². The van der Waals surface area contributed by atoms with Gasteiger partial charge in [-0.05, 0) is 43.7 Å². The average Bonchev–Trinajstić information content (AvgIpc) is 2.48. The van der Waals surface area contributed by atoms with Crippen LogP contribution in [0.5, 0.6) is 0 Å². The van der Waals surface area contributed by atoms with Gasteiger partial charge in [0.25, 0.3) is 10.0 Å². The number of benzene rings is 2. The maximum atomic E-state index is 14.2. The fourth-order valence-electron chi connectivity index (χ4n) is 2.29. The Balaban J connectivity index is 2.63. The summed E-state index contributed by atoms with van der Waals surface area (Å²) in [5.74, 6) is -2.27. The van der Waals surface area contributed by atoms with Crippen LogP contribution in [-0.2, 0) is 10.0 Å². The topological polar surface area (TPSA) is 74.7 Å². The van der Waals surface area contributed by atoms with E-state index in [1.54, 1.807) is 37.3 Å². The van der Waals surface area contributed by atoms with Crippen LogP contribution in [-0.4, -0.2) is 26.0 Å². The Kier molecular flexibility index (Phi) is 4.70. The number of rotatable bonds is 5. The van der Waals surface area contributed by atoms with E-state index in [4.69, 9.17) is 5.11 Å². The molecular formula is C16H16FNO4S.